The fourth-order valence-corrected chi connectivity index (χ4v) is 7.34. The van der Waals surface area contributed by atoms with Crippen LogP contribution >= 0.6 is 0 Å². The Kier molecular flexibility index (Phi) is 3.12. The van der Waals surface area contributed by atoms with Crippen LogP contribution in [0.1, 0.15) is 78.6 Å². The summed E-state index contributed by atoms with van der Waals surface area (Å²) in [4.78, 5) is 0. The van der Waals surface area contributed by atoms with Crippen molar-refractivity contribution in [3.8, 4) is 0 Å². The first-order chi connectivity index (χ1) is 9.95. The minimum Gasteiger partial charge on any atom is -0.310 e. The monoisotopic (exact) mass is 287 g/mol. The number of hydrogen-bond acceptors (Lipinski definition) is 1. The Morgan fingerprint density at radius 2 is 1.67 bits per heavy atom. The van der Waals surface area contributed by atoms with Gasteiger partial charge in [-0.1, -0.05) is 20.8 Å². The van der Waals surface area contributed by atoms with Crippen molar-refractivity contribution in [3.63, 3.8) is 0 Å². The van der Waals surface area contributed by atoms with E-state index in [0.29, 0.717) is 10.8 Å². The van der Waals surface area contributed by atoms with Crippen LogP contribution in [0.4, 0.5) is 0 Å². The van der Waals surface area contributed by atoms with Gasteiger partial charge in [0.25, 0.3) is 0 Å². The summed E-state index contributed by atoms with van der Waals surface area (Å²) in [5.41, 5.74) is 2.28. The zero-order valence-corrected chi connectivity index (χ0v) is 14.3. The van der Waals surface area contributed by atoms with Crippen molar-refractivity contribution in [2.75, 3.05) is 0 Å². The molecule has 7 atom stereocenters. The predicted molar refractivity (Wildman–Crippen MR) is 88.6 cm³/mol. The molecule has 4 saturated carbocycles. The molecule has 0 aromatic rings. The first kappa shape index (κ1) is 14.3. The number of hydrogen-bond donors (Lipinski definition) is 1. The molecule has 0 aromatic carbocycles. The second kappa shape index (κ2) is 4.59. The third-order valence-electron chi connectivity index (χ3n) is 9.00. The van der Waals surface area contributed by atoms with E-state index in [0.717, 1.165) is 48.1 Å². The fraction of sp³-hybridized carbons (Fsp3) is 0.950. The van der Waals surface area contributed by atoms with Gasteiger partial charge in [0.15, 0.2) is 0 Å². The van der Waals surface area contributed by atoms with Crippen LogP contribution in [0.2, 0.25) is 0 Å². The van der Waals surface area contributed by atoms with Gasteiger partial charge in [0.2, 0.25) is 0 Å². The highest BCUT2D eigenvalue weighted by Gasteiger charge is 2.59. The van der Waals surface area contributed by atoms with Crippen molar-refractivity contribution in [2.24, 2.45) is 40.4 Å². The molecule has 0 heterocycles. The Labute approximate surface area is 130 Å². The standard InChI is InChI=1S/C20H33N/c1-13-4-7-17-16-6-5-14-12-15(21)8-10-20(14,3)18(16)9-11-19(13,17)2/h13-14,16-18,21H,4-12H2,1-3H3/t13-,14?,16?,17?,18?,19?,20-/m0/s1. The maximum absolute atomic E-state index is 8.11. The summed E-state index contributed by atoms with van der Waals surface area (Å²) in [6.45, 7) is 7.76. The van der Waals surface area contributed by atoms with Crippen LogP contribution < -0.4 is 0 Å². The lowest BCUT2D eigenvalue weighted by molar-refractivity contribution is -0.0992. The van der Waals surface area contributed by atoms with Gasteiger partial charge in [-0.2, -0.15) is 0 Å². The van der Waals surface area contributed by atoms with Crippen molar-refractivity contribution >= 4 is 5.71 Å². The Hall–Kier alpha value is -0.330. The molecule has 21 heavy (non-hydrogen) atoms. The van der Waals surface area contributed by atoms with Gasteiger partial charge >= 0.3 is 0 Å². The normalized spacial score (nSPS) is 56.5. The van der Waals surface area contributed by atoms with Gasteiger partial charge in [0.1, 0.15) is 0 Å². The van der Waals surface area contributed by atoms with Crippen LogP contribution in [0.5, 0.6) is 0 Å². The van der Waals surface area contributed by atoms with Crippen LogP contribution in [0.15, 0.2) is 0 Å². The molecule has 0 amide bonds. The molecular weight excluding hydrogens is 254 g/mol. The smallest absolute Gasteiger partial charge is 0.00923 e. The predicted octanol–water partition coefficient (Wildman–Crippen LogP) is 5.68. The van der Waals surface area contributed by atoms with E-state index >= 15 is 0 Å². The van der Waals surface area contributed by atoms with Gasteiger partial charge in [-0.3, -0.25) is 0 Å². The molecule has 1 N–H and O–H groups in total. The summed E-state index contributed by atoms with van der Waals surface area (Å²) < 4.78 is 0. The molecule has 1 nitrogen and oxygen atoms in total. The van der Waals surface area contributed by atoms with E-state index in [4.69, 9.17) is 5.41 Å². The van der Waals surface area contributed by atoms with Gasteiger partial charge in [-0.05, 0) is 98.2 Å². The van der Waals surface area contributed by atoms with E-state index in [2.05, 4.69) is 20.8 Å². The lowest BCUT2D eigenvalue weighted by Crippen LogP contribution is -2.53. The molecule has 1 heteroatoms. The summed E-state index contributed by atoms with van der Waals surface area (Å²) in [5.74, 6) is 4.80. The zero-order valence-electron chi connectivity index (χ0n) is 14.3. The summed E-state index contributed by atoms with van der Waals surface area (Å²) in [6.07, 6.45) is 12.4. The van der Waals surface area contributed by atoms with Gasteiger partial charge < -0.3 is 5.41 Å². The third-order valence-corrected chi connectivity index (χ3v) is 9.00. The molecule has 0 radical (unpaired) electrons. The fourth-order valence-electron chi connectivity index (χ4n) is 7.34. The van der Waals surface area contributed by atoms with E-state index in [1.807, 2.05) is 0 Å². The molecule has 0 aromatic heterocycles. The lowest BCUT2D eigenvalue weighted by atomic mass is 9.45. The van der Waals surface area contributed by atoms with E-state index in [1.165, 1.54) is 44.9 Å². The molecule has 4 fully saturated rings. The molecule has 0 bridgehead atoms. The van der Waals surface area contributed by atoms with Crippen molar-refractivity contribution in [3.05, 3.63) is 0 Å². The van der Waals surface area contributed by atoms with Gasteiger partial charge in [0.05, 0.1) is 0 Å². The molecule has 0 saturated heterocycles. The number of nitrogens with one attached hydrogen (secondary N) is 1. The number of fused-ring (bicyclic) bond motifs is 5. The maximum atomic E-state index is 8.11. The van der Waals surface area contributed by atoms with E-state index in [-0.39, 0.29) is 0 Å². The quantitative estimate of drug-likeness (QED) is 0.592. The lowest BCUT2D eigenvalue weighted by Gasteiger charge is -2.60. The van der Waals surface area contributed by atoms with Gasteiger partial charge in [-0.25, -0.2) is 0 Å². The second-order valence-electron chi connectivity index (χ2n) is 9.49. The summed E-state index contributed by atoms with van der Waals surface area (Å²) in [5, 5.41) is 8.11. The molecule has 4 aliphatic rings. The molecular formula is C20H33N. The maximum Gasteiger partial charge on any atom is 0.00923 e. The molecule has 5 unspecified atom stereocenters. The van der Waals surface area contributed by atoms with Gasteiger partial charge in [0, 0.05) is 5.71 Å². The van der Waals surface area contributed by atoms with Crippen LogP contribution in [0.25, 0.3) is 0 Å². The summed E-state index contributed by atoms with van der Waals surface area (Å²) in [6, 6.07) is 0. The van der Waals surface area contributed by atoms with Crippen LogP contribution in [0, 0.1) is 45.8 Å². The van der Waals surface area contributed by atoms with E-state index in [1.54, 1.807) is 0 Å². The second-order valence-corrected chi connectivity index (χ2v) is 9.49. The SMILES string of the molecule is C[C@H]1CCC2C3CCC4CC(=N)CC[C@]4(C)C3CCC21C. The van der Waals surface area contributed by atoms with Crippen LogP contribution in [-0.4, -0.2) is 5.71 Å². The topological polar surface area (TPSA) is 23.9 Å². The number of rotatable bonds is 0. The molecule has 0 spiro atoms. The van der Waals surface area contributed by atoms with Crippen molar-refractivity contribution in [2.45, 2.75) is 78.6 Å². The van der Waals surface area contributed by atoms with Crippen LogP contribution in [0.3, 0.4) is 0 Å². The average molecular weight is 287 g/mol. The van der Waals surface area contributed by atoms with Crippen molar-refractivity contribution < 1.29 is 0 Å². The van der Waals surface area contributed by atoms with Gasteiger partial charge in [-0.15, -0.1) is 0 Å². The molecule has 4 aliphatic carbocycles. The Morgan fingerprint density at radius 1 is 0.905 bits per heavy atom. The highest BCUT2D eigenvalue weighted by molar-refractivity contribution is 5.82. The molecule has 0 aliphatic heterocycles. The molecule has 118 valence electrons. The highest BCUT2D eigenvalue weighted by atomic mass is 14.6. The van der Waals surface area contributed by atoms with Crippen molar-refractivity contribution in [1.29, 1.82) is 5.41 Å². The van der Waals surface area contributed by atoms with E-state index < -0.39 is 0 Å². The summed E-state index contributed by atoms with van der Waals surface area (Å²) >= 11 is 0. The zero-order chi connectivity index (χ0) is 14.8. The Morgan fingerprint density at radius 3 is 2.48 bits per heavy atom. The largest absolute Gasteiger partial charge is 0.310 e. The highest BCUT2D eigenvalue weighted by Crippen LogP contribution is 2.67. The Bertz CT molecular complexity index is 455. The summed E-state index contributed by atoms with van der Waals surface area (Å²) in [7, 11) is 0. The Balaban J connectivity index is 1.64. The minimum absolute atomic E-state index is 0.570. The first-order valence-corrected chi connectivity index (χ1v) is 9.51. The van der Waals surface area contributed by atoms with Crippen LogP contribution in [-0.2, 0) is 0 Å². The van der Waals surface area contributed by atoms with E-state index in [9.17, 15) is 0 Å². The third kappa shape index (κ3) is 1.85. The van der Waals surface area contributed by atoms with Crippen molar-refractivity contribution in [1.82, 2.24) is 0 Å². The minimum atomic E-state index is 0.570. The average Bonchev–Trinajstić information content (AvgIpc) is 2.76. The molecule has 4 rings (SSSR count). The first-order valence-electron chi connectivity index (χ1n) is 9.51.